The number of carbonyl (C=O) groups excluding carboxylic acids is 1. The van der Waals surface area contributed by atoms with Crippen molar-refractivity contribution in [2.75, 3.05) is 6.61 Å². The summed E-state index contributed by atoms with van der Waals surface area (Å²) in [6, 6.07) is -1.89. The Hall–Kier alpha value is -1.88. The van der Waals surface area contributed by atoms with E-state index in [0.717, 1.165) is 0 Å². The maximum Gasteiger partial charge on any atom is 0.421 e. The zero-order valence-electron chi connectivity index (χ0n) is 9.24. The molecule has 0 radical (unpaired) electrons. The van der Waals surface area contributed by atoms with Gasteiger partial charge in [0, 0.05) is 0 Å². The number of carboxylic acids is 2. The van der Waals surface area contributed by atoms with Gasteiger partial charge in [-0.15, -0.1) is 0 Å². The first-order valence-corrected chi connectivity index (χ1v) is 6.07. The third-order valence-corrected chi connectivity index (χ3v) is 2.50. The fourth-order valence-corrected chi connectivity index (χ4v) is 1.74. The van der Waals surface area contributed by atoms with Crippen molar-refractivity contribution in [2.24, 2.45) is 0 Å². The molecule has 0 bridgehead atoms. The molecule has 0 aliphatic heterocycles. The molecule has 0 heterocycles. The van der Waals surface area contributed by atoms with E-state index in [1.807, 2.05) is 0 Å². The molecule has 0 fully saturated rings. The molecule has 0 aromatic heterocycles. The van der Waals surface area contributed by atoms with Crippen LogP contribution >= 0.6 is 0 Å². The van der Waals surface area contributed by atoms with Gasteiger partial charge in [-0.1, -0.05) is 0 Å². The lowest BCUT2D eigenvalue weighted by Gasteiger charge is -2.13. The van der Waals surface area contributed by atoms with Crippen molar-refractivity contribution in [3.63, 3.8) is 0 Å². The van der Waals surface area contributed by atoms with Crippen LogP contribution in [0.3, 0.4) is 0 Å². The van der Waals surface area contributed by atoms with Gasteiger partial charge in [0.2, 0.25) is 0 Å². The molecule has 18 heavy (non-hydrogen) atoms. The molecule has 0 aromatic carbocycles. The predicted molar refractivity (Wildman–Crippen MR) is 55.9 cm³/mol. The Morgan fingerprint density at radius 3 is 2.22 bits per heavy atom. The van der Waals surface area contributed by atoms with Gasteiger partial charge in [0.05, 0.1) is 13.0 Å². The molecule has 0 aliphatic carbocycles. The minimum Gasteiger partial charge on any atom is -0.481 e. The van der Waals surface area contributed by atoms with Crippen LogP contribution in [0.1, 0.15) is 13.3 Å². The standard InChI is InChI=1S/C7H12N2O8S/c1-2-17-7(14)9-18(15,16)8-4(6(12)13)3-5(10)11/h4,8H,2-3H2,1H3,(H,9,14)(H,10,11)(H,12,13)/t4-/m1/s1. The van der Waals surface area contributed by atoms with Crippen molar-refractivity contribution in [3.8, 4) is 0 Å². The number of amides is 1. The Bertz CT molecular complexity index is 431. The number of hydrogen-bond acceptors (Lipinski definition) is 6. The van der Waals surface area contributed by atoms with Crippen LogP contribution in [0.4, 0.5) is 4.79 Å². The summed E-state index contributed by atoms with van der Waals surface area (Å²) in [5.41, 5.74) is 0. The lowest BCUT2D eigenvalue weighted by atomic mass is 10.2. The van der Waals surface area contributed by atoms with Crippen molar-refractivity contribution in [1.29, 1.82) is 0 Å². The van der Waals surface area contributed by atoms with Crippen molar-refractivity contribution in [2.45, 2.75) is 19.4 Å². The molecule has 4 N–H and O–H groups in total. The molecule has 0 spiro atoms. The van der Waals surface area contributed by atoms with Gasteiger partial charge < -0.3 is 14.9 Å². The molecule has 0 saturated carbocycles. The van der Waals surface area contributed by atoms with E-state index >= 15 is 0 Å². The Morgan fingerprint density at radius 2 is 1.83 bits per heavy atom. The van der Waals surface area contributed by atoms with Gasteiger partial charge in [0.25, 0.3) is 0 Å². The molecule has 0 aromatic rings. The largest absolute Gasteiger partial charge is 0.481 e. The third-order valence-electron chi connectivity index (χ3n) is 1.47. The third kappa shape index (κ3) is 6.65. The summed E-state index contributed by atoms with van der Waals surface area (Å²) in [6.45, 7) is 1.35. The second-order valence-electron chi connectivity index (χ2n) is 2.93. The number of carboxylic acid groups (broad SMARTS) is 2. The first kappa shape index (κ1) is 16.1. The first-order chi connectivity index (χ1) is 8.18. The first-order valence-electron chi connectivity index (χ1n) is 4.59. The molecule has 1 amide bonds. The van der Waals surface area contributed by atoms with Gasteiger partial charge >= 0.3 is 28.2 Å². The second kappa shape index (κ2) is 6.76. The zero-order valence-corrected chi connectivity index (χ0v) is 10.1. The van der Waals surface area contributed by atoms with Crippen LogP contribution in [-0.2, 0) is 24.5 Å². The van der Waals surface area contributed by atoms with Gasteiger partial charge in [-0.25, -0.2) is 9.52 Å². The number of carbonyl (C=O) groups is 3. The Labute approximate surface area is 102 Å². The summed E-state index contributed by atoms with van der Waals surface area (Å²) >= 11 is 0. The summed E-state index contributed by atoms with van der Waals surface area (Å²) in [7, 11) is -4.51. The van der Waals surface area contributed by atoms with Crippen LogP contribution in [-0.4, -0.2) is 49.3 Å². The van der Waals surface area contributed by atoms with Gasteiger partial charge in [0.15, 0.2) is 0 Å². The predicted octanol–water partition coefficient (Wildman–Crippen LogP) is -1.51. The summed E-state index contributed by atoms with van der Waals surface area (Å²) in [6.07, 6.45) is -2.27. The summed E-state index contributed by atoms with van der Waals surface area (Å²) in [4.78, 5) is 31.7. The fraction of sp³-hybridized carbons (Fsp3) is 0.571. The van der Waals surface area contributed by atoms with Crippen LogP contribution in [0.15, 0.2) is 0 Å². The van der Waals surface area contributed by atoms with Crippen LogP contribution in [0.2, 0.25) is 0 Å². The summed E-state index contributed by atoms with van der Waals surface area (Å²) < 4.78 is 29.6. The number of aliphatic carboxylic acids is 2. The van der Waals surface area contributed by atoms with E-state index in [4.69, 9.17) is 10.2 Å². The van der Waals surface area contributed by atoms with Crippen LogP contribution < -0.4 is 9.44 Å². The number of rotatable bonds is 7. The minimum atomic E-state index is -4.51. The van der Waals surface area contributed by atoms with E-state index in [1.54, 1.807) is 0 Å². The number of hydrogen-bond donors (Lipinski definition) is 4. The minimum absolute atomic E-state index is 0.0845. The van der Waals surface area contributed by atoms with Crippen LogP contribution in [0, 0.1) is 0 Å². The van der Waals surface area contributed by atoms with Crippen molar-refractivity contribution < 1.29 is 37.8 Å². The van der Waals surface area contributed by atoms with Gasteiger partial charge in [-0.2, -0.15) is 13.1 Å². The number of ether oxygens (including phenoxy) is 1. The second-order valence-corrected chi connectivity index (χ2v) is 4.38. The SMILES string of the molecule is CCOC(=O)NS(=O)(=O)N[C@H](CC(=O)O)C(=O)O. The molecule has 104 valence electrons. The fourth-order valence-electron chi connectivity index (χ4n) is 0.841. The smallest absolute Gasteiger partial charge is 0.421 e. The van der Waals surface area contributed by atoms with E-state index in [-0.39, 0.29) is 6.61 Å². The quantitative estimate of drug-likeness (QED) is 0.439. The maximum absolute atomic E-state index is 11.2. The molecule has 0 saturated heterocycles. The lowest BCUT2D eigenvalue weighted by molar-refractivity contribution is -0.145. The van der Waals surface area contributed by atoms with Crippen molar-refractivity contribution in [3.05, 3.63) is 0 Å². The van der Waals surface area contributed by atoms with Crippen molar-refractivity contribution >= 4 is 28.2 Å². The lowest BCUT2D eigenvalue weighted by Crippen LogP contribution is -2.49. The summed E-state index contributed by atoms with van der Waals surface area (Å²) in [5, 5.41) is 17.0. The molecule has 10 nitrogen and oxygen atoms in total. The van der Waals surface area contributed by atoms with E-state index in [9.17, 15) is 22.8 Å². The highest BCUT2D eigenvalue weighted by Gasteiger charge is 2.27. The molecule has 0 aliphatic rings. The molecule has 0 rings (SSSR count). The van der Waals surface area contributed by atoms with Gasteiger partial charge in [0.1, 0.15) is 6.04 Å². The van der Waals surface area contributed by atoms with E-state index < -0.39 is 40.7 Å². The molecular formula is C7H12N2O8S. The molecule has 1 atom stereocenters. The topological polar surface area (TPSA) is 159 Å². The monoisotopic (exact) mass is 284 g/mol. The highest BCUT2D eigenvalue weighted by molar-refractivity contribution is 7.88. The van der Waals surface area contributed by atoms with E-state index in [2.05, 4.69) is 4.74 Å². The molecular weight excluding hydrogens is 272 g/mol. The van der Waals surface area contributed by atoms with E-state index in [0.29, 0.717) is 0 Å². The normalized spacial score (nSPS) is 12.5. The average Bonchev–Trinajstić information content (AvgIpc) is 2.14. The zero-order chi connectivity index (χ0) is 14.3. The van der Waals surface area contributed by atoms with Crippen LogP contribution in [0.25, 0.3) is 0 Å². The highest BCUT2D eigenvalue weighted by atomic mass is 32.2. The maximum atomic E-state index is 11.2. The van der Waals surface area contributed by atoms with Gasteiger partial charge in [-0.3, -0.25) is 9.59 Å². The van der Waals surface area contributed by atoms with Crippen molar-refractivity contribution in [1.82, 2.24) is 9.44 Å². The number of nitrogens with one attached hydrogen (secondary N) is 2. The Morgan fingerprint density at radius 1 is 1.28 bits per heavy atom. The van der Waals surface area contributed by atoms with E-state index in [1.165, 1.54) is 16.4 Å². The Balaban J connectivity index is 4.66. The molecule has 0 unspecified atom stereocenters. The molecule has 11 heteroatoms. The highest BCUT2D eigenvalue weighted by Crippen LogP contribution is 1.95. The van der Waals surface area contributed by atoms with Gasteiger partial charge in [-0.05, 0) is 6.92 Å². The summed E-state index contributed by atoms with van der Waals surface area (Å²) in [5.74, 6) is -3.20. The van der Waals surface area contributed by atoms with Crippen LogP contribution in [0.5, 0.6) is 0 Å². The average molecular weight is 284 g/mol. The Kier molecular flexibility index (Phi) is 6.05.